The number of aryl methyl sites for hydroxylation is 2. The Balaban J connectivity index is 0.00000103. The summed E-state index contributed by atoms with van der Waals surface area (Å²) in [5, 5.41) is 7.08. The molecule has 5 N–H and O–H groups in total. The van der Waals surface area contributed by atoms with E-state index in [0.717, 1.165) is 17.5 Å². The van der Waals surface area contributed by atoms with E-state index >= 15 is 0 Å². The van der Waals surface area contributed by atoms with E-state index in [4.69, 9.17) is 16.4 Å². The van der Waals surface area contributed by atoms with Crippen LogP contribution in [0.1, 0.15) is 30.0 Å². The number of nitrogens with one attached hydrogen (secondary N) is 1. The Hall–Kier alpha value is -3.86. The van der Waals surface area contributed by atoms with E-state index in [1.807, 2.05) is 12.1 Å². The minimum atomic E-state index is 0.465. The molecule has 0 bridgehead atoms. The van der Waals surface area contributed by atoms with Crippen molar-refractivity contribution in [2.75, 3.05) is 0 Å². The molecule has 2 aromatic carbocycles. The average molecular weight is 472 g/mol. The van der Waals surface area contributed by atoms with Gasteiger partial charge < -0.3 is 16.0 Å². The zero-order valence-corrected chi connectivity index (χ0v) is 20.2. The van der Waals surface area contributed by atoms with E-state index in [2.05, 4.69) is 82.6 Å². The number of pyridine rings is 1. The van der Waals surface area contributed by atoms with Crippen LogP contribution < -0.4 is 21.8 Å². The number of terminal acetylenes is 1. The van der Waals surface area contributed by atoms with Crippen molar-refractivity contribution in [3.05, 3.63) is 82.9 Å². The predicted octanol–water partition coefficient (Wildman–Crippen LogP) is 5.16. The smallest absolute Gasteiger partial charge is 0.213 e. The van der Waals surface area contributed by atoms with Crippen LogP contribution in [0.3, 0.4) is 0 Å². The van der Waals surface area contributed by atoms with Crippen LogP contribution in [0.5, 0.6) is 5.88 Å². The van der Waals surface area contributed by atoms with Crippen molar-refractivity contribution in [2.24, 2.45) is 16.8 Å². The SMILES string of the molecule is C#CC.Cc1ccccc1-c1csc2ccc(COc3ccc(CC/C(=N/N)NN)cn3)cc12. The molecule has 0 fully saturated rings. The van der Waals surface area contributed by atoms with Crippen LogP contribution in [0, 0.1) is 19.3 Å². The van der Waals surface area contributed by atoms with Crippen LogP contribution in [0.25, 0.3) is 21.2 Å². The highest BCUT2D eigenvalue weighted by molar-refractivity contribution is 7.17. The number of hydrazine groups is 1. The highest BCUT2D eigenvalue weighted by Crippen LogP contribution is 2.36. The molecule has 0 aliphatic heterocycles. The summed E-state index contributed by atoms with van der Waals surface area (Å²) in [4.78, 5) is 4.41. The molecule has 0 aliphatic carbocycles. The predicted molar refractivity (Wildman–Crippen MR) is 142 cm³/mol. The van der Waals surface area contributed by atoms with Gasteiger partial charge in [-0.15, -0.1) is 23.7 Å². The molecular formula is C27H29N5OS. The third-order valence-corrected chi connectivity index (χ3v) is 6.19. The van der Waals surface area contributed by atoms with Crippen LogP contribution >= 0.6 is 11.3 Å². The quantitative estimate of drug-likeness (QED) is 0.114. The first kappa shape index (κ1) is 24.8. The molecule has 0 aliphatic rings. The largest absolute Gasteiger partial charge is 0.473 e. The average Bonchev–Trinajstić information content (AvgIpc) is 3.28. The molecule has 4 rings (SSSR count). The van der Waals surface area contributed by atoms with Gasteiger partial charge in [0.1, 0.15) is 12.4 Å². The second-order valence-corrected chi connectivity index (χ2v) is 8.51. The summed E-state index contributed by atoms with van der Waals surface area (Å²) in [5.74, 6) is 14.0. The number of nitrogens with two attached hydrogens (primary N) is 2. The van der Waals surface area contributed by atoms with Gasteiger partial charge in [0.2, 0.25) is 5.88 Å². The first-order chi connectivity index (χ1) is 16.6. The molecule has 0 saturated heterocycles. The minimum absolute atomic E-state index is 0.465. The molecule has 7 heteroatoms. The van der Waals surface area contributed by atoms with E-state index in [-0.39, 0.29) is 0 Å². The molecule has 6 nitrogen and oxygen atoms in total. The fourth-order valence-electron chi connectivity index (χ4n) is 3.49. The molecule has 0 atom stereocenters. The highest BCUT2D eigenvalue weighted by Gasteiger charge is 2.10. The summed E-state index contributed by atoms with van der Waals surface area (Å²) in [7, 11) is 0. The van der Waals surface area contributed by atoms with E-state index in [9.17, 15) is 0 Å². The van der Waals surface area contributed by atoms with Crippen LogP contribution in [0.4, 0.5) is 0 Å². The lowest BCUT2D eigenvalue weighted by Gasteiger charge is -2.08. The number of rotatable bonds is 7. The van der Waals surface area contributed by atoms with E-state index in [1.165, 1.54) is 26.8 Å². The summed E-state index contributed by atoms with van der Waals surface area (Å²) >= 11 is 1.77. The fraction of sp³-hybridized carbons (Fsp3) is 0.185. The van der Waals surface area contributed by atoms with Gasteiger partial charge in [0.15, 0.2) is 0 Å². The number of ether oxygens (including phenoxy) is 1. The van der Waals surface area contributed by atoms with Gasteiger partial charge in [0.25, 0.3) is 0 Å². The first-order valence-electron chi connectivity index (χ1n) is 10.8. The van der Waals surface area contributed by atoms with Gasteiger partial charge in [-0.2, -0.15) is 5.10 Å². The number of aromatic nitrogens is 1. The Morgan fingerprint density at radius 3 is 2.59 bits per heavy atom. The Labute approximate surface area is 204 Å². The van der Waals surface area contributed by atoms with Crippen molar-refractivity contribution in [3.63, 3.8) is 0 Å². The van der Waals surface area contributed by atoms with Gasteiger partial charge in [0.05, 0.1) is 0 Å². The summed E-state index contributed by atoms with van der Waals surface area (Å²) < 4.78 is 7.20. The van der Waals surface area contributed by atoms with Crippen LogP contribution in [-0.4, -0.2) is 10.8 Å². The molecule has 0 amide bonds. The highest BCUT2D eigenvalue weighted by atomic mass is 32.1. The first-order valence-corrected chi connectivity index (χ1v) is 11.7. The summed E-state index contributed by atoms with van der Waals surface area (Å²) in [6, 6.07) is 18.9. The number of hydrazone groups is 1. The molecule has 2 aromatic heterocycles. The lowest BCUT2D eigenvalue weighted by Crippen LogP contribution is -2.31. The normalized spacial score (nSPS) is 10.8. The maximum atomic E-state index is 5.93. The van der Waals surface area contributed by atoms with Crippen molar-refractivity contribution < 1.29 is 4.74 Å². The number of thiophene rings is 1. The number of amidine groups is 1. The summed E-state index contributed by atoms with van der Waals surface area (Å²) in [5.41, 5.74) is 8.48. The summed E-state index contributed by atoms with van der Waals surface area (Å²) in [6.45, 7) is 4.27. The topological polar surface area (TPSA) is 98.5 Å². The van der Waals surface area contributed by atoms with Crippen LogP contribution in [0.15, 0.2) is 71.3 Å². The maximum Gasteiger partial charge on any atom is 0.213 e. The van der Waals surface area contributed by atoms with Gasteiger partial charge in [-0.3, -0.25) is 0 Å². The Morgan fingerprint density at radius 1 is 1.15 bits per heavy atom. The van der Waals surface area contributed by atoms with E-state index in [1.54, 1.807) is 24.5 Å². The molecule has 174 valence electrons. The Morgan fingerprint density at radius 2 is 1.91 bits per heavy atom. The van der Waals surface area contributed by atoms with Crippen molar-refractivity contribution in [1.82, 2.24) is 10.4 Å². The number of nitrogens with zero attached hydrogens (tertiary/aromatic N) is 2. The Kier molecular flexibility index (Phi) is 9.04. The Bertz CT molecular complexity index is 1290. The van der Waals surface area contributed by atoms with Crippen molar-refractivity contribution >= 4 is 27.3 Å². The second kappa shape index (κ2) is 12.4. The van der Waals surface area contributed by atoms with E-state index < -0.39 is 0 Å². The molecule has 4 aromatic rings. The van der Waals surface area contributed by atoms with E-state index in [0.29, 0.717) is 24.7 Å². The minimum Gasteiger partial charge on any atom is -0.473 e. The molecular weight excluding hydrogens is 442 g/mol. The number of hydrogen-bond acceptors (Lipinski definition) is 6. The van der Waals surface area contributed by atoms with Gasteiger partial charge in [-0.05, 0) is 60.0 Å². The molecule has 2 heterocycles. The van der Waals surface area contributed by atoms with Gasteiger partial charge in [-0.25, -0.2) is 10.8 Å². The molecule has 0 unspecified atom stereocenters. The monoisotopic (exact) mass is 471 g/mol. The third-order valence-electron chi connectivity index (χ3n) is 5.23. The third kappa shape index (κ3) is 6.35. The fourth-order valence-corrected chi connectivity index (χ4v) is 4.43. The molecule has 0 saturated carbocycles. The van der Waals surface area contributed by atoms with Crippen LogP contribution in [-0.2, 0) is 13.0 Å². The lowest BCUT2D eigenvalue weighted by atomic mass is 9.99. The van der Waals surface area contributed by atoms with Crippen molar-refractivity contribution in [3.8, 4) is 29.4 Å². The molecule has 34 heavy (non-hydrogen) atoms. The van der Waals surface area contributed by atoms with Gasteiger partial charge >= 0.3 is 0 Å². The lowest BCUT2D eigenvalue weighted by molar-refractivity contribution is 0.294. The number of fused-ring (bicyclic) bond motifs is 1. The zero-order valence-electron chi connectivity index (χ0n) is 19.4. The number of benzene rings is 2. The van der Waals surface area contributed by atoms with Crippen molar-refractivity contribution in [2.45, 2.75) is 33.3 Å². The maximum absolute atomic E-state index is 5.93. The standard InChI is InChI=1S/C24H25N5OS.C3H4/c1-16-4-2-3-5-19(16)21-15-31-22-9-6-18(12-20(21)22)14-30-24-11-8-17(13-27-24)7-10-23(28-25)29-26;1-3-2/h2-6,8-9,11-13,15H,7,10,14,25-26H2,1H3,(H,28,29);1H,2H3. The number of hydrogen-bond donors (Lipinski definition) is 3. The second-order valence-electron chi connectivity index (χ2n) is 7.60. The molecule has 0 radical (unpaired) electrons. The molecule has 0 spiro atoms. The van der Waals surface area contributed by atoms with Gasteiger partial charge in [0, 0.05) is 34.3 Å². The zero-order chi connectivity index (χ0) is 24.3. The van der Waals surface area contributed by atoms with Gasteiger partial charge in [-0.1, -0.05) is 36.4 Å². The summed E-state index contributed by atoms with van der Waals surface area (Å²) in [6.07, 6.45) is 7.77. The van der Waals surface area contributed by atoms with Crippen molar-refractivity contribution in [1.29, 1.82) is 0 Å². The van der Waals surface area contributed by atoms with Crippen LogP contribution in [0.2, 0.25) is 0 Å².